The zero-order valence-corrected chi connectivity index (χ0v) is 28.8. The van der Waals surface area contributed by atoms with E-state index in [9.17, 15) is 19.2 Å². The van der Waals surface area contributed by atoms with Gasteiger partial charge in [0, 0.05) is 36.8 Å². The fourth-order valence-corrected chi connectivity index (χ4v) is 7.67. The first-order valence-electron chi connectivity index (χ1n) is 16.6. The van der Waals surface area contributed by atoms with E-state index in [1.165, 1.54) is 22.7 Å². The summed E-state index contributed by atoms with van der Waals surface area (Å²) < 4.78 is 0. The lowest BCUT2D eigenvalue weighted by Gasteiger charge is -2.30. The van der Waals surface area contributed by atoms with E-state index in [-0.39, 0.29) is 53.7 Å². The molecule has 4 heterocycles. The average Bonchev–Trinajstić information content (AvgIpc) is 3.77. The maximum absolute atomic E-state index is 13.5. The van der Waals surface area contributed by atoms with Crippen molar-refractivity contribution in [2.45, 2.75) is 83.3 Å². The number of benzene rings is 1. The van der Waals surface area contributed by atoms with Crippen molar-refractivity contribution in [2.75, 3.05) is 26.2 Å². The van der Waals surface area contributed by atoms with Crippen LogP contribution in [0.15, 0.2) is 41.1 Å². The van der Waals surface area contributed by atoms with Crippen LogP contribution in [0.4, 0.5) is 0 Å². The number of hydrogen-bond donors (Lipinski definition) is 4. The Kier molecular flexibility index (Phi) is 12.5. The van der Waals surface area contributed by atoms with Crippen molar-refractivity contribution in [3.05, 3.63) is 68.1 Å². The molecule has 2 aromatic heterocycles. The van der Waals surface area contributed by atoms with E-state index >= 15 is 0 Å². The van der Waals surface area contributed by atoms with E-state index in [1.807, 2.05) is 35.2 Å². The molecule has 0 aliphatic carbocycles. The molecule has 4 amide bonds. The number of thiazole rings is 2. The molecule has 1 fully saturated rings. The quantitative estimate of drug-likeness (QED) is 0.313. The van der Waals surface area contributed by atoms with Crippen molar-refractivity contribution in [3.63, 3.8) is 0 Å². The van der Waals surface area contributed by atoms with Gasteiger partial charge in [0.05, 0.1) is 18.1 Å². The van der Waals surface area contributed by atoms with Gasteiger partial charge in [-0.15, -0.1) is 22.7 Å². The largest absolute Gasteiger partial charge is 0.351 e. The normalized spacial score (nSPS) is 22.1. The van der Waals surface area contributed by atoms with E-state index in [0.717, 1.165) is 31.4 Å². The van der Waals surface area contributed by atoms with Crippen LogP contribution in [-0.4, -0.2) is 70.7 Å². The van der Waals surface area contributed by atoms with Gasteiger partial charge in [0.2, 0.25) is 11.8 Å². The van der Waals surface area contributed by atoms with Gasteiger partial charge in [-0.25, -0.2) is 9.97 Å². The van der Waals surface area contributed by atoms with Crippen LogP contribution in [0.3, 0.4) is 0 Å². The summed E-state index contributed by atoms with van der Waals surface area (Å²) in [6.07, 6.45) is 5.39. The van der Waals surface area contributed by atoms with Crippen LogP contribution in [-0.2, 0) is 16.0 Å². The number of amides is 4. The lowest BCUT2D eigenvalue weighted by Crippen LogP contribution is -2.49. The molecule has 1 saturated heterocycles. The lowest BCUT2D eigenvalue weighted by molar-refractivity contribution is -0.134. The molecule has 252 valence electrons. The number of carbonyl (C=O) groups excluding carboxylic acids is 4. The van der Waals surface area contributed by atoms with Gasteiger partial charge in [-0.1, -0.05) is 50.6 Å². The molecule has 0 radical (unpaired) electrons. The molecular formula is C34H45N7O4S2. The monoisotopic (exact) mass is 679 g/mol. The van der Waals surface area contributed by atoms with Crippen LogP contribution in [0, 0.1) is 5.92 Å². The molecule has 4 N–H and O–H groups in total. The molecular weight excluding hydrogens is 635 g/mol. The molecule has 1 aromatic carbocycles. The summed E-state index contributed by atoms with van der Waals surface area (Å²) in [6, 6.07) is 8.79. The first-order valence-corrected chi connectivity index (χ1v) is 18.4. The first kappa shape index (κ1) is 34.6. The zero-order valence-electron chi connectivity index (χ0n) is 27.1. The Morgan fingerprint density at radius 1 is 0.872 bits per heavy atom. The minimum absolute atomic E-state index is 0.0496. The van der Waals surface area contributed by atoms with Gasteiger partial charge in [-0.05, 0) is 56.6 Å². The molecule has 4 bridgehead atoms. The van der Waals surface area contributed by atoms with E-state index in [4.69, 9.17) is 0 Å². The van der Waals surface area contributed by atoms with Crippen LogP contribution in [0.25, 0.3) is 0 Å². The van der Waals surface area contributed by atoms with Crippen LogP contribution < -0.4 is 21.3 Å². The second-order valence-corrected chi connectivity index (χ2v) is 14.4. The smallest absolute Gasteiger partial charge is 0.271 e. The number of nitrogens with one attached hydrogen (secondary N) is 4. The maximum Gasteiger partial charge on any atom is 0.271 e. The zero-order chi connectivity index (χ0) is 33.2. The summed E-state index contributed by atoms with van der Waals surface area (Å²) in [5.41, 5.74) is 1.59. The predicted molar refractivity (Wildman–Crippen MR) is 183 cm³/mol. The maximum atomic E-state index is 13.5. The van der Waals surface area contributed by atoms with E-state index in [2.05, 4.69) is 45.1 Å². The van der Waals surface area contributed by atoms with Gasteiger partial charge in [-0.3, -0.25) is 19.2 Å². The third-order valence-electron chi connectivity index (χ3n) is 8.38. The van der Waals surface area contributed by atoms with Crippen LogP contribution in [0.5, 0.6) is 0 Å². The number of hydrogen-bond acceptors (Lipinski definition) is 9. The minimum atomic E-state index is -0.477. The molecule has 5 rings (SSSR count). The van der Waals surface area contributed by atoms with Gasteiger partial charge in [0.25, 0.3) is 11.8 Å². The number of rotatable bonds is 5. The van der Waals surface area contributed by atoms with Gasteiger partial charge >= 0.3 is 0 Å². The second-order valence-electron chi connectivity index (χ2n) is 12.6. The third-order valence-corrected chi connectivity index (χ3v) is 10.3. The van der Waals surface area contributed by atoms with Crippen molar-refractivity contribution < 1.29 is 19.2 Å². The van der Waals surface area contributed by atoms with Crippen molar-refractivity contribution in [2.24, 2.45) is 5.92 Å². The summed E-state index contributed by atoms with van der Waals surface area (Å²) in [5.74, 6) is -0.411. The summed E-state index contributed by atoms with van der Waals surface area (Å²) in [5, 5.41) is 17.3. The number of carbonyl (C=O) groups is 4. The molecule has 2 aliphatic rings. The van der Waals surface area contributed by atoms with Crippen LogP contribution in [0.1, 0.15) is 107 Å². The molecule has 0 unspecified atom stereocenters. The van der Waals surface area contributed by atoms with Crippen LogP contribution >= 0.6 is 22.7 Å². The van der Waals surface area contributed by atoms with Gasteiger partial charge in [0.15, 0.2) is 0 Å². The summed E-state index contributed by atoms with van der Waals surface area (Å²) in [4.78, 5) is 64.4. The molecule has 3 aromatic rings. The number of fused-ring (bicyclic) bond motifs is 4. The standard InChI is InChI=1S/C34H45N7O4S2/c1-22(2)18-25-32-40-28(21-47-32)31(44)38-26(19-23-10-4-3-5-11-23)33-39-27(20-46-33)30(43)36-15-9-17-41(16-8-13-29(42)37-25)34(45)24-12-6-7-14-35-24/h3-5,10-11,20-22,24-26,35H,6-9,12-19H2,1-2H3,(H,36,43)(H,37,42)(H,38,44)/t24-,25-,26-/m0/s1. The Hall–Kier alpha value is -3.68. The molecule has 13 heteroatoms. The van der Waals surface area contributed by atoms with Crippen molar-refractivity contribution in [3.8, 4) is 0 Å². The average molecular weight is 680 g/mol. The Labute approximate surface area is 284 Å². The Bertz CT molecular complexity index is 1500. The molecule has 3 atom stereocenters. The minimum Gasteiger partial charge on any atom is -0.351 e. The van der Waals surface area contributed by atoms with Gasteiger partial charge < -0.3 is 26.2 Å². The van der Waals surface area contributed by atoms with Crippen molar-refractivity contribution in [1.29, 1.82) is 0 Å². The molecule has 47 heavy (non-hydrogen) atoms. The SMILES string of the molecule is CC(C)C[C@@H]1NC(=O)CCCN(C(=O)[C@@H]2CCCCN2)CCCNC(=O)c2csc(n2)[C@H](Cc2ccccc2)NC(=O)c2csc1n2. The number of piperidine rings is 1. The van der Waals surface area contributed by atoms with E-state index < -0.39 is 6.04 Å². The molecule has 0 saturated carbocycles. The topological polar surface area (TPSA) is 145 Å². The molecule has 11 nitrogen and oxygen atoms in total. The highest BCUT2D eigenvalue weighted by Crippen LogP contribution is 2.27. The Morgan fingerprint density at radius 2 is 1.57 bits per heavy atom. The fourth-order valence-electron chi connectivity index (χ4n) is 5.95. The second kappa shape index (κ2) is 16.9. The van der Waals surface area contributed by atoms with Gasteiger partial charge in [-0.2, -0.15) is 0 Å². The van der Waals surface area contributed by atoms with Gasteiger partial charge in [0.1, 0.15) is 21.4 Å². The first-order chi connectivity index (χ1) is 22.8. The lowest BCUT2D eigenvalue weighted by atomic mass is 10.0. The molecule has 0 spiro atoms. The number of aromatic nitrogens is 2. The summed E-state index contributed by atoms with van der Waals surface area (Å²) in [6.45, 7) is 6.30. The van der Waals surface area contributed by atoms with Crippen molar-refractivity contribution >= 4 is 46.3 Å². The molecule has 2 aliphatic heterocycles. The highest BCUT2D eigenvalue weighted by atomic mass is 32.1. The fraction of sp³-hybridized carbons (Fsp3) is 0.529. The summed E-state index contributed by atoms with van der Waals surface area (Å²) in [7, 11) is 0. The Morgan fingerprint density at radius 3 is 2.28 bits per heavy atom. The third kappa shape index (κ3) is 9.91. The Balaban J connectivity index is 1.39. The summed E-state index contributed by atoms with van der Waals surface area (Å²) >= 11 is 2.68. The van der Waals surface area contributed by atoms with E-state index in [0.29, 0.717) is 61.0 Å². The highest BCUT2D eigenvalue weighted by molar-refractivity contribution is 7.10. The highest BCUT2D eigenvalue weighted by Gasteiger charge is 2.27. The van der Waals surface area contributed by atoms with Crippen molar-refractivity contribution in [1.82, 2.24) is 36.1 Å². The van der Waals surface area contributed by atoms with Crippen LogP contribution in [0.2, 0.25) is 0 Å². The van der Waals surface area contributed by atoms with E-state index in [1.54, 1.807) is 10.8 Å². The predicted octanol–water partition coefficient (Wildman–Crippen LogP) is 4.40. The number of nitrogens with zero attached hydrogens (tertiary/aromatic N) is 3.